The molecule has 0 aromatic carbocycles. The van der Waals surface area contributed by atoms with Crippen LogP contribution in [0.3, 0.4) is 0 Å². The molecule has 1 fully saturated rings. The molecule has 0 radical (unpaired) electrons. The van der Waals surface area contributed by atoms with Crippen LogP contribution in [0, 0.1) is 5.92 Å². The summed E-state index contributed by atoms with van der Waals surface area (Å²) < 4.78 is 0. The Hall–Kier alpha value is -0.120. The first-order valence-electron chi connectivity index (χ1n) is 5.16. The summed E-state index contributed by atoms with van der Waals surface area (Å²) in [7, 11) is 2.06. The first-order chi connectivity index (χ1) is 6.03. The number of hydrogen-bond acceptors (Lipinski definition) is 3. The van der Waals surface area contributed by atoms with Crippen molar-refractivity contribution in [1.82, 2.24) is 4.90 Å². The zero-order chi connectivity index (χ0) is 10.1. The molecular weight excluding hydrogens is 164 g/mol. The third-order valence-electron chi connectivity index (χ3n) is 3.46. The molecule has 0 bridgehead atoms. The van der Waals surface area contributed by atoms with Crippen molar-refractivity contribution in [3.8, 4) is 0 Å². The molecule has 0 aromatic rings. The van der Waals surface area contributed by atoms with Crippen molar-refractivity contribution in [3.63, 3.8) is 0 Å². The van der Waals surface area contributed by atoms with E-state index >= 15 is 0 Å². The number of nitrogens with zero attached hydrogens (tertiary/aromatic N) is 1. The van der Waals surface area contributed by atoms with Gasteiger partial charge in [0.05, 0.1) is 5.60 Å². The number of likely N-dealkylation sites (N-methyl/N-ethyl adjacent to an activating group) is 1. The molecule has 1 aliphatic rings. The Morgan fingerprint density at radius 2 is 2.31 bits per heavy atom. The fourth-order valence-electron chi connectivity index (χ4n) is 2.38. The minimum absolute atomic E-state index is 0.250. The van der Waals surface area contributed by atoms with Gasteiger partial charge in [0.15, 0.2) is 0 Å². The lowest BCUT2D eigenvalue weighted by Crippen LogP contribution is -2.43. The lowest BCUT2D eigenvalue weighted by molar-refractivity contribution is -0.00578. The van der Waals surface area contributed by atoms with Gasteiger partial charge in [-0.1, -0.05) is 6.92 Å². The highest BCUT2D eigenvalue weighted by Gasteiger charge is 2.43. The highest BCUT2D eigenvalue weighted by Crippen LogP contribution is 2.33. The van der Waals surface area contributed by atoms with Crippen LogP contribution in [-0.4, -0.2) is 41.8 Å². The van der Waals surface area contributed by atoms with Crippen LogP contribution in [0.15, 0.2) is 0 Å². The Labute approximate surface area is 80.9 Å². The molecule has 1 rings (SSSR count). The van der Waals surface area contributed by atoms with E-state index in [2.05, 4.69) is 25.8 Å². The molecule has 78 valence electrons. The molecular formula is C10H22N2O. The topological polar surface area (TPSA) is 49.5 Å². The van der Waals surface area contributed by atoms with Gasteiger partial charge < -0.3 is 15.7 Å². The number of rotatable bonds is 3. The SMILES string of the molecule is CCC(CN)C1(O)CC(C)N(C)C1. The van der Waals surface area contributed by atoms with Gasteiger partial charge in [0.2, 0.25) is 0 Å². The zero-order valence-electron chi connectivity index (χ0n) is 8.95. The van der Waals surface area contributed by atoms with E-state index in [9.17, 15) is 5.11 Å². The quantitative estimate of drug-likeness (QED) is 0.672. The van der Waals surface area contributed by atoms with Gasteiger partial charge in [-0.2, -0.15) is 0 Å². The Morgan fingerprint density at radius 3 is 2.62 bits per heavy atom. The predicted octanol–water partition coefficient (Wildman–Crippen LogP) is 0.426. The second-order valence-electron chi connectivity index (χ2n) is 4.41. The maximum absolute atomic E-state index is 10.4. The third-order valence-corrected chi connectivity index (χ3v) is 3.46. The molecule has 0 aromatic heterocycles. The summed E-state index contributed by atoms with van der Waals surface area (Å²) in [6.07, 6.45) is 1.83. The molecule has 1 saturated heterocycles. The summed E-state index contributed by atoms with van der Waals surface area (Å²) in [5.74, 6) is 0.250. The highest BCUT2D eigenvalue weighted by atomic mass is 16.3. The smallest absolute Gasteiger partial charge is 0.0828 e. The third kappa shape index (κ3) is 2.03. The lowest BCUT2D eigenvalue weighted by atomic mass is 9.83. The van der Waals surface area contributed by atoms with Crippen LogP contribution >= 0.6 is 0 Å². The molecule has 3 unspecified atom stereocenters. The van der Waals surface area contributed by atoms with Gasteiger partial charge in [0, 0.05) is 18.5 Å². The van der Waals surface area contributed by atoms with Crippen molar-refractivity contribution >= 4 is 0 Å². The number of likely N-dealkylation sites (tertiary alicyclic amines) is 1. The molecule has 3 atom stereocenters. The van der Waals surface area contributed by atoms with Crippen LogP contribution in [0.2, 0.25) is 0 Å². The van der Waals surface area contributed by atoms with Crippen LogP contribution in [0.5, 0.6) is 0 Å². The van der Waals surface area contributed by atoms with E-state index in [4.69, 9.17) is 5.73 Å². The van der Waals surface area contributed by atoms with Gasteiger partial charge >= 0.3 is 0 Å². The Morgan fingerprint density at radius 1 is 1.69 bits per heavy atom. The average molecular weight is 186 g/mol. The number of nitrogens with two attached hydrogens (primary N) is 1. The minimum Gasteiger partial charge on any atom is -0.388 e. The lowest BCUT2D eigenvalue weighted by Gasteiger charge is -2.30. The summed E-state index contributed by atoms with van der Waals surface area (Å²) in [6, 6.07) is 0.477. The summed E-state index contributed by atoms with van der Waals surface area (Å²) in [5.41, 5.74) is 5.12. The van der Waals surface area contributed by atoms with E-state index < -0.39 is 5.60 Å². The second-order valence-corrected chi connectivity index (χ2v) is 4.41. The molecule has 3 nitrogen and oxygen atoms in total. The highest BCUT2D eigenvalue weighted by molar-refractivity contribution is 4.97. The fraction of sp³-hybridized carbons (Fsp3) is 1.00. The molecule has 1 aliphatic heterocycles. The van der Waals surface area contributed by atoms with Gasteiger partial charge in [-0.05, 0) is 33.4 Å². The molecule has 3 heteroatoms. The van der Waals surface area contributed by atoms with Crippen LogP contribution in [0.25, 0.3) is 0 Å². The minimum atomic E-state index is -0.544. The van der Waals surface area contributed by atoms with Gasteiger partial charge in [-0.25, -0.2) is 0 Å². The van der Waals surface area contributed by atoms with E-state index in [1.807, 2.05) is 0 Å². The summed E-state index contributed by atoms with van der Waals surface area (Å²) in [5, 5.41) is 10.4. The maximum Gasteiger partial charge on any atom is 0.0828 e. The van der Waals surface area contributed by atoms with Crippen molar-refractivity contribution < 1.29 is 5.11 Å². The van der Waals surface area contributed by atoms with Gasteiger partial charge in [-0.15, -0.1) is 0 Å². The fourth-order valence-corrected chi connectivity index (χ4v) is 2.38. The normalized spacial score (nSPS) is 38.1. The first kappa shape index (κ1) is 11.0. The van der Waals surface area contributed by atoms with E-state index in [1.54, 1.807) is 0 Å². The first-order valence-corrected chi connectivity index (χ1v) is 5.16. The Kier molecular flexibility index (Phi) is 3.33. The van der Waals surface area contributed by atoms with Crippen molar-refractivity contribution in [1.29, 1.82) is 0 Å². The van der Waals surface area contributed by atoms with Crippen molar-refractivity contribution in [2.24, 2.45) is 11.7 Å². The molecule has 0 aliphatic carbocycles. The van der Waals surface area contributed by atoms with Crippen molar-refractivity contribution in [3.05, 3.63) is 0 Å². The van der Waals surface area contributed by atoms with Crippen LogP contribution in [0.4, 0.5) is 0 Å². The largest absolute Gasteiger partial charge is 0.388 e. The molecule has 1 heterocycles. The monoisotopic (exact) mass is 186 g/mol. The van der Waals surface area contributed by atoms with Crippen molar-refractivity contribution in [2.45, 2.75) is 38.3 Å². The molecule has 3 N–H and O–H groups in total. The van der Waals surface area contributed by atoms with E-state index in [0.29, 0.717) is 12.6 Å². The molecule has 0 spiro atoms. The number of aliphatic hydroxyl groups is 1. The van der Waals surface area contributed by atoms with Gasteiger partial charge in [0.1, 0.15) is 0 Å². The van der Waals surface area contributed by atoms with Crippen LogP contribution in [0.1, 0.15) is 26.7 Å². The standard InChI is InChI=1S/C10H22N2O/c1-4-9(6-11)10(13)5-8(2)12(3)7-10/h8-9,13H,4-7,11H2,1-3H3. The maximum atomic E-state index is 10.4. The number of hydrogen-bond donors (Lipinski definition) is 2. The Bertz CT molecular complexity index is 158. The molecule has 0 saturated carbocycles. The van der Waals surface area contributed by atoms with E-state index in [-0.39, 0.29) is 5.92 Å². The summed E-state index contributed by atoms with van der Waals surface area (Å²) in [4.78, 5) is 2.21. The van der Waals surface area contributed by atoms with E-state index in [0.717, 1.165) is 19.4 Å². The Balaban J connectivity index is 2.66. The van der Waals surface area contributed by atoms with Gasteiger partial charge in [-0.3, -0.25) is 0 Å². The van der Waals surface area contributed by atoms with Crippen LogP contribution in [-0.2, 0) is 0 Å². The van der Waals surface area contributed by atoms with Crippen molar-refractivity contribution in [2.75, 3.05) is 20.1 Å². The van der Waals surface area contributed by atoms with Gasteiger partial charge in [0.25, 0.3) is 0 Å². The molecule has 13 heavy (non-hydrogen) atoms. The molecule has 0 amide bonds. The predicted molar refractivity (Wildman–Crippen MR) is 54.5 cm³/mol. The van der Waals surface area contributed by atoms with E-state index in [1.165, 1.54) is 0 Å². The zero-order valence-corrected chi connectivity index (χ0v) is 8.95. The number of β-amino-alcohol motifs (C(OH)–C–C–N with tert-alkyl or cyclic N) is 1. The average Bonchev–Trinajstić information content (AvgIpc) is 2.29. The second kappa shape index (κ2) is 3.95. The summed E-state index contributed by atoms with van der Waals surface area (Å²) >= 11 is 0. The van der Waals surface area contributed by atoms with Crippen LogP contribution < -0.4 is 5.73 Å². The summed E-state index contributed by atoms with van der Waals surface area (Å²) in [6.45, 7) is 5.61.